The Kier molecular flexibility index (Phi) is 6.07. The molecule has 0 fully saturated rings. The fourth-order valence-electron chi connectivity index (χ4n) is 0.601. The topological polar surface area (TPSA) is 57.2 Å². The number of hydrogen-bond donors (Lipinski definition) is 0. The molecule has 3 nitrogen and oxygen atoms in total. The van der Waals surface area contributed by atoms with E-state index < -0.39 is 10.1 Å². The Balaban J connectivity index is 0.00000121. The first-order chi connectivity index (χ1) is 5.00. The molecule has 0 N–H and O–H groups in total. The van der Waals surface area contributed by atoms with Crippen LogP contribution in [0, 0.1) is 3.57 Å². The van der Waals surface area contributed by atoms with E-state index in [-0.39, 0.29) is 56.3 Å². The van der Waals surface area contributed by atoms with Crippen molar-refractivity contribution in [3.63, 3.8) is 0 Å². The molecule has 0 amide bonds. The van der Waals surface area contributed by atoms with Crippen molar-refractivity contribution in [2.45, 2.75) is 4.90 Å². The van der Waals surface area contributed by atoms with Gasteiger partial charge in [-0.15, -0.1) is 0 Å². The van der Waals surface area contributed by atoms with Crippen LogP contribution in [-0.4, -0.2) is 13.0 Å². The van der Waals surface area contributed by atoms with Crippen LogP contribution < -0.4 is 51.4 Å². The van der Waals surface area contributed by atoms with Crippen molar-refractivity contribution in [3.05, 3.63) is 27.8 Å². The van der Waals surface area contributed by atoms with Crippen molar-refractivity contribution in [2.75, 3.05) is 0 Å². The number of hydrogen-bond acceptors (Lipinski definition) is 3. The maximum atomic E-state index is 10.4. The van der Waals surface area contributed by atoms with Crippen molar-refractivity contribution >= 4 is 32.7 Å². The second-order valence-corrected chi connectivity index (χ2v) is 4.53. The SMILES string of the molecule is O=S(=O)([O-])c1ccc(I)cc1.[K+]. The second kappa shape index (κ2) is 5.40. The summed E-state index contributed by atoms with van der Waals surface area (Å²) in [6.45, 7) is 0. The van der Waals surface area contributed by atoms with Crippen molar-refractivity contribution < 1.29 is 64.4 Å². The molecule has 0 bridgehead atoms. The minimum Gasteiger partial charge on any atom is -0.744 e. The summed E-state index contributed by atoms with van der Waals surface area (Å²) in [5.74, 6) is 0. The van der Waals surface area contributed by atoms with Gasteiger partial charge in [-0.05, 0) is 46.9 Å². The van der Waals surface area contributed by atoms with E-state index >= 15 is 0 Å². The summed E-state index contributed by atoms with van der Waals surface area (Å²) in [6.07, 6.45) is 0. The van der Waals surface area contributed by atoms with Gasteiger partial charge in [0, 0.05) is 3.57 Å². The number of rotatable bonds is 1. The maximum absolute atomic E-state index is 10.4. The molecule has 1 aromatic carbocycles. The fourth-order valence-corrected chi connectivity index (χ4v) is 1.43. The molecule has 0 heterocycles. The zero-order valence-corrected chi connectivity index (χ0v) is 12.4. The average Bonchev–Trinajstić information content (AvgIpc) is 1.86. The molecule has 0 aliphatic carbocycles. The molecule has 0 atom stereocenters. The predicted molar refractivity (Wildman–Crippen MR) is 47.1 cm³/mol. The van der Waals surface area contributed by atoms with Gasteiger partial charge in [0.1, 0.15) is 10.1 Å². The third kappa shape index (κ3) is 4.14. The average molecular weight is 322 g/mol. The molecule has 0 unspecified atom stereocenters. The first-order valence-corrected chi connectivity index (χ1v) is 5.20. The summed E-state index contributed by atoms with van der Waals surface area (Å²) in [6, 6.07) is 5.74. The van der Waals surface area contributed by atoms with Gasteiger partial charge in [0.2, 0.25) is 0 Å². The van der Waals surface area contributed by atoms with Crippen molar-refractivity contribution in [1.82, 2.24) is 0 Å². The molecule has 0 aromatic heterocycles. The first kappa shape index (κ1) is 13.5. The molecular weight excluding hydrogens is 318 g/mol. The molecule has 0 aliphatic heterocycles. The van der Waals surface area contributed by atoms with Gasteiger partial charge in [-0.2, -0.15) is 0 Å². The fraction of sp³-hybridized carbons (Fsp3) is 0. The van der Waals surface area contributed by atoms with Crippen molar-refractivity contribution in [2.24, 2.45) is 0 Å². The van der Waals surface area contributed by atoms with Gasteiger partial charge < -0.3 is 4.55 Å². The maximum Gasteiger partial charge on any atom is 1.00 e. The third-order valence-electron chi connectivity index (χ3n) is 1.10. The van der Waals surface area contributed by atoms with Crippen LogP contribution in [0.25, 0.3) is 0 Å². The van der Waals surface area contributed by atoms with E-state index in [9.17, 15) is 13.0 Å². The molecule has 0 saturated carbocycles. The van der Waals surface area contributed by atoms with E-state index in [1.54, 1.807) is 12.1 Å². The normalized spacial score (nSPS) is 10.5. The Morgan fingerprint density at radius 3 is 1.92 bits per heavy atom. The molecule has 0 radical (unpaired) electrons. The van der Waals surface area contributed by atoms with Crippen LogP contribution in [0.3, 0.4) is 0 Å². The van der Waals surface area contributed by atoms with Crippen LogP contribution in [0.5, 0.6) is 0 Å². The van der Waals surface area contributed by atoms with Gasteiger partial charge in [-0.1, -0.05) is 0 Å². The van der Waals surface area contributed by atoms with Crippen LogP contribution in [0.1, 0.15) is 0 Å². The Morgan fingerprint density at radius 2 is 1.58 bits per heavy atom. The van der Waals surface area contributed by atoms with Crippen molar-refractivity contribution in [1.29, 1.82) is 0 Å². The van der Waals surface area contributed by atoms with Crippen LogP contribution >= 0.6 is 22.6 Å². The number of benzene rings is 1. The van der Waals surface area contributed by atoms with Crippen LogP contribution in [0.15, 0.2) is 29.2 Å². The zero-order valence-electron chi connectivity index (χ0n) is 6.32. The Morgan fingerprint density at radius 1 is 1.17 bits per heavy atom. The first-order valence-electron chi connectivity index (χ1n) is 2.71. The van der Waals surface area contributed by atoms with Crippen LogP contribution in [0.2, 0.25) is 0 Å². The van der Waals surface area contributed by atoms with E-state index in [1.807, 2.05) is 22.6 Å². The third-order valence-corrected chi connectivity index (χ3v) is 2.67. The molecule has 12 heavy (non-hydrogen) atoms. The van der Waals surface area contributed by atoms with Gasteiger partial charge >= 0.3 is 51.4 Å². The van der Waals surface area contributed by atoms with E-state index in [4.69, 9.17) is 0 Å². The minimum absolute atomic E-state index is 0. The van der Waals surface area contributed by atoms with Gasteiger partial charge in [0.15, 0.2) is 0 Å². The molecule has 0 saturated heterocycles. The van der Waals surface area contributed by atoms with E-state index in [1.165, 1.54) is 12.1 Å². The molecule has 60 valence electrons. The summed E-state index contributed by atoms with van der Waals surface area (Å²) >= 11 is 2.03. The van der Waals surface area contributed by atoms with Crippen LogP contribution in [0.4, 0.5) is 0 Å². The molecule has 1 rings (SSSR count). The van der Waals surface area contributed by atoms with E-state index in [0.29, 0.717) is 0 Å². The zero-order chi connectivity index (χ0) is 8.48. The summed E-state index contributed by atoms with van der Waals surface area (Å²) in [7, 11) is -4.27. The van der Waals surface area contributed by atoms with E-state index in [0.717, 1.165) is 3.57 Å². The summed E-state index contributed by atoms with van der Waals surface area (Å²) < 4.78 is 32.1. The van der Waals surface area contributed by atoms with Gasteiger partial charge in [-0.3, -0.25) is 0 Å². The minimum atomic E-state index is -4.27. The predicted octanol–water partition coefficient (Wildman–Crippen LogP) is -1.80. The quantitative estimate of drug-likeness (QED) is 0.348. The number of halogens is 1. The molecule has 6 heteroatoms. The Bertz CT molecular complexity index is 346. The second-order valence-electron chi connectivity index (χ2n) is 1.91. The molecule has 0 aliphatic rings. The Hall–Kier alpha value is 1.50. The summed E-state index contributed by atoms with van der Waals surface area (Å²) in [5.41, 5.74) is 0. The summed E-state index contributed by atoms with van der Waals surface area (Å²) in [4.78, 5) is -0.182. The molecule has 0 spiro atoms. The largest absolute Gasteiger partial charge is 1.00 e. The van der Waals surface area contributed by atoms with E-state index in [2.05, 4.69) is 0 Å². The van der Waals surface area contributed by atoms with Crippen molar-refractivity contribution in [3.8, 4) is 0 Å². The Labute approximate surface area is 127 Å². The molecular formula is C6H4IKO3S. The van der Waals surface area contributed by atoms with Gasteiger partial charge in [-0.25, -0.2) is 8.42 Å². The van der Waals surface area contributed by atoms with Crippen LogP contribution in [-0.2, 0) is 10.1 Å². The van der Waals surface area contributed by atoms with Gasteiger partial charge in [0.05, 0.1) is 4.90 Å². The van der Waals surface area contributed by atoms with Gasteiger partial charge in [0.25, 0.3) is 0 Å². The summed E-state index contributed by atoms with van der Waals surface area (Å²) in [5, 5.41) is 0. The smallest absolute Gasteiger partial charge is 0.744 e. The standard InChI is InChI=1S/C6H5IO3S.K/c7-5-1-3-6(4-2-5)11(8,9)10;/h1-4H,(H,8,9,10);/q;+1/p-1. The molecule has 1 aromatic rings. The monoisotopic (exact) mass is 322 g/mol.